The summed E-state index contributed by atoms with van der Waals surface area (Å²) in [7, 11) is -4.24. The Morgan fingerprint density at radius 1 is 1.45 bits per heavy atom. The van der Waals surface area contributed by atoms with Gasteiger partial charge in [0.15, 0.2) is 0 Å². The third kappa shape index (κ3) is 1.41. The summed E-state index contributed by atoms with van der Waals surface area (Å²) < 4.78 is 33.9. The van der Waals surface area contributed by atoms with E-state index in [4.69, 9.17) is 4.55 Å². The fraction of sp³-hybridized carbons (Fsp3) is 0.400. The molecule has 6 heteroatoms. The fourth-order valence-corrected chi connectivity index (χ4v) is 1.30. The molecular weight excluding hydrogens is 170 g/mol. The van der Waals surface area contributed by atoms with Crippen LogP contribution in [0.4, 0.5) is 0 Å². The maximum Gasteiger partial charge on any atom is 0.331 e. The lowest BCUT2D eigenvalue weighted by Gasteiger charge is -1.88. The summed E-state index contributed by atoms with van der Waals surface area (Å²) in [5, 5.41) is 2.89. The summed E-state index contributed by atoms with van der Waals surface area (Å²) in [6.45, 7) is 3.10. The fourth-order valence-electron chi connectivity index (χ4n) is 0.635. The highest BCUT2D eigenvalue weighted by atomic mass is 32.2. The normalized spacial score (nSPS) is 11.9. The van der Waals surface area contributed by atoms with Crippen LogP contribution in [0.3, 0.4) is 0 Å². The number of rotatable bonds is 1. The molecule has 0 fully saturated rings. The van der Waals surface area contributed by atoms with E-state index < -0.39 is 15.2 Å². The summed E-state index contributed by atoms with van der Waals surface area (Å²) in [5.74, 6) is 0. The number of aryl methyl sites for hydroxylation is 1. The molecule has 0 aliphatic rings. The third-order valence-electron chi connectivity index (χ3n) is 1.35. The number of hydrogen-bond donors (Lipinski definition) is 1. The molecule has 0 aliphatic carbocycles. The van der Waals surface area contributed by atoms with Gasteiger partial charge in [0.1, 0.15) is 0 Å². The zero-order valence-electron chi connectivity index (χ0n) is 6.03. The minimum atomic E-state index is -4.24. The van der Waals surface area contributed by atoms with E-state index in [9.17, 15) is 8.42 Å². The highest BCUT2D eigenvalue weighted by Gasteiger charge is 2.20. The van der Waals surface area contributed by atoms with Crippen molar-refractivity contribution in [3.8, 4) is 0 Å². The molecule has 0 radical (unpaired) electrons. The molecule has 0 aliphatic heterocycles. The van der Waals surface area contributed by atoms with Crippen molar-refractivity contribution in [1.82, 2.24) is 5.16 Å². The molecule has 1 aromatic rings. The first-order valence-electron chi connectivity index (χ1n) is 2.83. The zero-order valence-corrected chi connectivity index (χ0v) is 6.84. The van der Waals surface area contributed by atoms with Gasteiger partial charge in [0.2, 0.25) is 0 Å². The van der Waals surface area contributed by atoms with Crippen molar-refractivity contribution in [3.63, 3.8) is 0 Å². The van der Waals surface area contributed by atoms with E-state index >= 15 is 0 Å². The third-order valence-corrected chi connectivity index (χ3v) is 2.20. The smallest absolute Gasteiger partial charge is 0.331 e. The Kier molecular flexibility index (Phi) is 1.73. The molecule has 62 valence electrons. The average molecular weight is 177 g/mol. The average Bonchev–Trinajstić information content (AvgIpc) is 2.11. The van der Waals surface area contributed by atoms with Gasteiger partial charge >= 0.3 is 10.1 Å². The first-order valence-corrected chi connectivity index (χ1v) is 4.27. The molecule has 0 bridgehead atoms. The molecule has 1 N–H and O–H groups in total. The van der Waals surface area contributed by atoms with E-state index in [0.717, 1.165) is 0 Å². The second kappa shape index (κ2) is 2.31. The highest BCUT2D eigenvalue weighted by molar-refractivity contribution is 7.85. The van der Waals surface area contributed by atoms with Crippen LogP contribution in [0.25, 0.3) is 0 Å². The van der Waals surface area contributed by atoms with Crippen LogP contribution in [0.5, 0.6) is 0 Å². The summed E-state index contributed by atoms with van der Waals surface area (Å²) in [5.41, 5.74) is 0.796. The Bertz CT molecular complexity index is 364. The van der Waals surface area contributed by atoms with Gasteiger partial charge in [0.25, 0.3) is 5.09 Å². The van der Waals surface area contributed by atoms with Crippen LogP contribution in [0.1, 0.15) is 11.3 Å². The van der Waals surface area contributed by atoms with E-state index in [1.54, 1.807) is 6.92 Å². The van der Waals surface area contributed by atoms with Gasteiger partial charge in [-0.25, -0.2) is 0 Å². The van der Waals surface area contributed by atoms with E-state index in [2.05, 4.69) is 9.68 Å². The van der Waals surface area contributed by atoms with Crippen LogP contribution >= 0.6 is 0 Å². The van der Waals surface area contributed by atoms with E-state index in [1.165, 1.54) is 6.92 Å². The predicted octanol–water partition coefficient (Wildman–Crippen LogP) is 0.538. The quantitative estimate of drug-likeness (QED) is 0.633. The van der Waals surface area contributed by atoms with Crippen molar-refractivity contribution in [2.24, 2.45) is 0 Å². The van der Waals surface area contributed by atoms with Crippen molar-refractivity contribution in [3.05, 3.63) is 11.3 Å². The molecule has 5 nitrogen and oxygen atoms in total. The van der Waals surface area contributed by atoms with Crippen molar-refractivity contribution >= 4 is 10.1 Å². The van der Waals surface area contributed by atoms with Crippen LogP contribution in [0, 0.1) is 13.8 Å². The Labute approximate surface area is 63.8 Å². The summed E-state index contributed by atoms with van der Waals surface area (Å²) in [6.07, 6.45) is 0. The summed E-state index contributed by atoms with van der Waals surface area (Å²) >= 11 is 0. The van der Waals surface area contributed by atoms with Gasteiger partial charge in [0.05, 0.1) is 5.69 Å². The minimum absolute atomic E-state index is 0.340. The summed E-state index contributed by atoms with van der Waals surface area (Å²) in [4.78, 5) is 0. The van der Waals surface area contributed by atoms with E-state index in [1.807, 2.05) is 0 Å². The lowest BCUT2D eigenvalue weighted by atomic mass is 10.3. The van der Waals surface area contributed by atoms with E-state index in [0.29, 0.717) is 11.3 Å². The van der Waals surface area contributed by atoms with Crippen LogP contribution < -0.4 is 0 Å². The van der Waals surface area contributed by atoms with Gasteiger partial charge in [-0.05, 0) is 13.8 Å². The Morgan fingerprint density at radius 2 is 2.00 bits per heavy atom. The van der Waals surface area contributed by atoms with Gasteiger partial charge < -0.3 is 4.52 Å². The molecule has 1 heterocycles. The SMILES string of the molecule is Cc1noc(S(=O)(=O)O)c1C. The Balaban J connectivity index is 3.38. The molecule has 0 saturated carbocycles. The zero-order chi connectivity index (χ0) is 8.65. The molecular formula is C5H7NO4S. The standard InChI is InChI=1S/C5H7NO4S/c1-3-4(2)6-10-5(3)11(7,8)9/h1-2H3,(H,7,8,9). The molecule has 0 unspecified atom stereocenters. The Hall–Kier alpha value is -0.880. The monoisotopic (exact) mass is 177 g/mol. The van der Waals surface area contributed by atoms with Crippen LogP contribution in [-0.2, 0) is 10.1 Å². The first-order chi connectivity index (χ1) is 4.93. The molecule has 0 spiro atoms. The van der Waals surface area contributed by atoms with Gasteiger partial charge in [-0.2, -0.15) is 8.42 Å². The van der Waals surface area contributed by atoms with Gasteiger partial charge in [0, 0.05) is 5.56 Å². The lowest BCUT2D eigenvalue weighted by molar-refractivity contribution is 0.320. The molecule has 11 heavy (non-hydrogen) atoms. The maximum absolute atomic E-state index is 10.5. The largest absolute Gasteiger partial charge is 0.341 e. The second-order valence-corrected chi connectivity index (χ2v) is 3.48. The van der Waals surface area contributed by atoms with Gasteiger partial charge in [-0.1, -0.05) is 5.16 Å². The van der Waals surface area contributed by atoms with Crippen molar-refractivity contribution in [1.29, 1.82) is 0 Å². The molecule has 0 atom stereocenters. The van der Waals surface area contributed by atoms with Crippen molar-refractivity contribution in [2.75, 3.05) is 0 Å². The molecule has 1 aromatic heterocycles. The van der Waals surface area contributed by atoms with Gasteiger partial charge in [-0.15, -0.1) is 0 Å². The number of hydrogen-bond acceptors (Lipinski definition) is 4. The highest BCUT2D eigenvalue weighted by Crippen LogP contribution is 2.16. The molecule has 0 amide bonds. The minimum Gasteiger partial charge on any atom is -0.341 e. The van der Waals surface area contributed by atoms with Crippen LogP contribution in [0.15, 0.2) is 9.62 Å². The first kappa shape index (κ1) is 8.22. The Morgan fingerprint density at radius 3 is 2.18 bits per heavy atom. The van der Waals surface area contributed by atoms with Crippen LogP contribution in [-0.4, -0.2) is 18.1 Å². The second-order valence-electron chi connectivity index (χ2n) is 2.16. The number of aromatic nitrogens is 1. The molecule has 1 rings (SSSR count). The summed E-state index contributed by atoms with van der Waals surface area (Å²) in [6, 6.07) is 0. The predicted molar refractivity (Wildman–Crippen MR) is 35.8 cm³/mol. The number of nitrogens with zero attached hydrogens (tertiary/aromatic N) is 1. The maximum atomic E-state index is 10.5. The molecule has 0 aromatic carbocycles. The van der Waals surface area contributed by atoms with Gasteiger partial charge in [-0.3, -0.25) is 4.55 Å². The van der Waals surface area contributed by atoms with Crippen LogP contribution in [0.2, 0.25) is 0 Å². The van der Waals surface area contributed by atoms with E-state index in [-0.39, 0.29) is 0 Å². The van der Waals surface area contributed by atoms with Crippen molar-refractivity contribution < 1.29 is 17.5 Å². The lowest BCUT2D eigenvalue weighted by Crippen LogP contribution is -1.97. The topological polar surface area (TPSA) is 80.4 Å². The molecule has 0 saturated heterocycles. The van der Waals surface area contributed by atoms with Crippen molar-refractivity contribution in [2.45, 2.75) is 18.9 Å².